The van der Waals surface area contributed by atoms with Gasteiger partial charge in [-0.3, -0.25) is 9.59 Å². The summed E-state index contributed by atoms with van der Waals surface area (Å²) in [6, 6.07) is 27.1. The second kappa shape index (κ2) is 23.3. The van der Waals surface area contributed by atoms with Crippen LogP contribution in [0.1, 0.15) is 44.6 Å². The molecule has 0 radical (unpaired) electrons. The Labute approximate surface area is 358 Å². The van der Waals surface area contributed by atoms with Crippen molar-refractivity contribution in [3.8, 4) is 23.3 Å². The second-order valence-corrected chi connectivity index (χ2v) is 16.6. The van der Waals surface area contributed by atoms with Gasteiger partial charge in [0.15, 0.2) is 23.0 Å². The smallest absolute Gasteiger partial charge is 0.434 e. The number of aromatic nitrogens is 2. The van der Waals surface area contributed by atoms with Gasteiger partial charge in [-0.1, -0.05) is 53.5 Å². The van der Waals surface area contributed by atoms with Crippen LogP contribution in [0.4, 0.5) is 26.3 Å². The third kappa shape index (κ3) is 18.4. The van der Waals surface area contributed by atoms with Crippen LogP contribution in [0, 0.1) is 0 Å². The number of carbonyl (C=O) groups excluding carboxylic acids is 2. The van der Waals surface area contributed by atoms with Crippen molar-refractivity contribution in [2.75, 3.05) is 27.0 Å². The Balaban J connectivity index is 0.000000299. The summed E-state index contributed by atoms with van der Waals surface area (Å²) in [6.07, 6.45) is -9.53. The molecule has 0 spiro atoms. The van der Waals surface area contributed by atoms with E-state index in [1.54, 1.807) is 0 Å². The quantitative estimate of drug-likeness (QED) is 0.0482. The molecule has 0 amide bonds. The molecule has 57 heavy (non-hydrogen) atoms. The molecule has 5 rings (SSSR count). The summed E-state index contributed by atoms with van der Waals surface area (Å²) >= 11 is 16.2. The number of rotatable bonds is 9. The summed E-state index contributed by atoms with van der Waals surface area (Å²) in [7, 11) is 16.4. The number of ketones is 2. The van der Waals surface area contributed by atoms with Gasteiger partial charge in [0.25, 0.3) is 0 Å². The van der Waals surface area contributed by atoms with E-state index in [2.05, 4.69) is 61.4 Å². The number of benzene rings is 3. The number of quaternary nitrogens is 1. The Morgan fingerprint density at radius 3 is 1.39 bits per heavy atom. The molecule has 0 N–H and O–H groups in total. The summed E-state index contributed by atoms with van der Waals surface area (Å²) in [5.74, 6) is -2.14. The zero-order valence-corrected chi connectivity index (χ0v) is 36.2. The first-order chi connectivity index (χ1) is 26.6. The van der Waals surface area contributed by atoms with Crippen molar-refractivity contribution in [1.29, 1.82) is 0 Å². The van der Waals surface area contributed by atoms with Crippen LogP contribution < -0.4 is 28.4 Å². The average molecular weight is 1010 g/mol. The predicted octanol–water partition coefficient (Wildman–Crippen LogP) is 9.99. The Kier molecular flexibility index (Phi) is 20.3. The summed E-state index contributed by atoms with van der Waals surface area (Å²) in [6.45, 7) is 2.15. The molecular weight excluding hydrogens is 981 g/mol. The van der Waals surface area contributed by atoms with Crippen LogP contribution in [-0.2, 0) is 18.9 Å². The molecule has 19 heteroatoms. The van der Waals surface area contributed by atoms with Crippen LogP contribution in [0.15, 0.2) is 103 Å². The number of pyridine rings is 2. The molecule has 0 aliphatic rings. The van der Waals surface area contributed by atoms with Gasteiger partial charge >= 0.3 is 49.1 Å². The average Bonchev–Trinajstić information content (AvgIpc) is 3.13. The van der Waals surface area contributed by atoms with Crippen LogP contribution in [0.2, 0.25) is 10.0 Å². The Morgan fingerprint density at radius 1 is 0.649 bits per heavy atom. The van der Waals surface area contributed by atoms with Gasteiger partial charge in [-0.05, 0) is 67.6 Å². The van der Waals surface area contributed by atoms with E-state index in [1.165, 1.54) is 66.2 Å². The molecule has 0 aliphatic carbocycles. The van der Waals surface area contributed by atoms with E-state index >= 15 is 0 Å². The maximum absolute atomic E-state index is 13.0. The number of hydrogen-bond acceptors (Lipinski definition) is 6. The Morgan fingerprint density at radius 2 is 1.04 bits per heavy atom. The molecule has 0 saturated carbocycles. The molecule has 0 bridgehead atoms. The van der Waals surface area contributed by atoms with E-state index < -0.39 is 71.3 Å². The second-order valence-electron chi connectivity index (χ2n) is 12.3. The van der Waals surface area contributed by atoms with Crippen molar-refractivity contribution >= 4 is 64.2 Å². The molecule has 0 atom stereocenters. The number of Topliss-reactive ketones (excluding diaryl/α,β-unsaturated/α-hetero) is 2. The van der Waals surface area contributed by atoms with E-state index in [-0.39, 0.29) is 23.3 Å². The summed E-state index contributed by atoms with van der Waals surface area (Å²) in [5.41, 5.74) is -2.28. The van der Waals surface area contributed by atoms with E-state index in [4.69, 9.17) is 62.1 Å². The van der Waals surface area contributed by atoms with Crippen molar-refractivity contribution in [3.05, 3.63) is 141 Å². The fourth-order valence-corrected chi connectivity index (χ4v) is 4.78. The van der Waals surface area contributed by atoms with Gasteiger partial charge < -0.3 is 14.0 Å². The zero-order chi connectivity index (χ0) is 43.0. The molecule has 3 aromatic carbocycles. The molecule has 0 aliphatic heterocycles. The molecule has 0 unspecified atom stereocenters. The van der Waals surface area contributed by atoms with E-state index in [0.717, 1.165) is 30.1 Å². The van der Waals surface area contributed by atoms with E-state index in [0.29, 0.717) is 10.0 Å². The third-order valence-electron chi connectivity index (χ3n) is 6.65. The molecule has 2 heterocycles. The fraction of sp³-hybridized carbons (Fsp3) is 0.211. The van der Waals surface area contributed by atoms with Crippen molar-refractivity contribution in [2.45, 2.75) is 25.8 Å². The van der Waals surface area contributed by atoms with Crippen molar-refractivity contribution < 1.29 is 68.8 Å². The first-order valence-corrected chi connectivity index (χ1v) is 22.7. The largest absolute Gasteiger partial charge is 0.439 e. The fourth-order valence-electron chi connectivity index (χ4n) is 4.39. The standard InChI is InChI=1S/C14H8Cl2F3NO2.C14H9ClF3NO2.C10H16N.Cl2I/c15-7-11(21)10-5-6-12(20-13(10)14(17,18)19)22-9-3-1-8(16)2-4-9;1-8(20)11-6-7-12(19-13(11)14(16,17)18)21-10-4-2-9(15)3-5-10;1-11(2,3)9-10-7-5-4-6-8-10;1-3-2/h1-6H,7H2;2-7H,1H3;4-8H,9H2,1-3H3;/q;;+1;-1. The molecular formula is C38H33Cl5F6IN3O4. The van der Waals surface area contributed by atoms with Crippen LogP contribution >= 0.6 is 52.6 Å². The zero-order valence-electron chi connectivity index (χ0n) is 30.2. The third-order valence-corrected chi connectivity index (χ3v) is 7.40. The number of hydrogen-bond donors (Lipinski definition) is 0. The molecule has 0 fully saturated rings. The number of alkyl halides is 7. The van der Waals surface area contributed by atoms with Crippen LogP contribution in [-0.4, -0.2) is 53.0 Å². The Hall–Kier alpha value is -3.38. The van der Waals surface area contributed by atoms with Crippen molar-refractivity contribution in [3.63, 3.8) is 0 Å². The molecule has 2 aromatic heterocycles. The number of halogens is 12. The minimum absolute atomic E-state index is 0.255. The van der Waals surface area contributed by atoms with Crippen LogP contribution in [0.5, 0.6) is 23.3 Å². The molecule has 308 valence electrons. The number of carbonyl (C=O) groups is 2. The normalized spacial score (nSPS) is 11.1. The maximum atomic E-state index is 13.0. The Bertz CT molecular complexity index is 2040. The predicted molar refractivity (Wildman–Crippen MR) is 206 cm³/mol. The summed E-state index contributed by atoms with van der Waals surface area (Å²) < 4.78 is 89.1. The van der Waals surface area contributed by atoms with Gasteiger partial charge in [0, 0.05) is 38.9 Å². The minimum Gasteiger partial charge on any atom is -0.439 e. The van der Waals surface area contributed by atoms with Gasteiger partial charge in [-0.2, -0.15) is 26.3 Å². The number of nitrogens with zero attached hydrogens (tertiary/aromatic N) is 3. The summed E-state index contributed by atoms with van der Waals surface area (Å²) in [5, 5.41) is 0.928. The van der Waals surface area contributed by atoms with Crippen LogP contribution in [0.25, 0.3) is 0 Å². The monoisotopic (exact) mass is 1010 g/mol. The van der Waals surface area contributed by atoms with Crippen molar-refractivity contribution in [1.82, 2.24) is 9.97 Å². The first kappa shape index (κ1) is 49.8. The van der Waals surface area contributed by atoms with E-state index in [1.807, 2.05) is 0 Å². The van der Waals surface area contributed by atoms with Gasteiger partial charge in [0.05, 0.1) is 27.0 Å². The summed E-state index contributed by atoms with van der Waals surface area (Å²) in [4.78, 5) is 29.4. The maximum Gasteiger partial charge on any atom is 0.434 e. The van der Waals surface area contributed by atoms with Gasteiger partial charge in [-0.25, -0.2) is 9.97 Å². The number of ether oxygens (including phenoxy) is 2. The molecule has 7 nitrogen and oxygen atoms in total. The van der Waals surface area contributed by atoms with Crippen molar-refractivity contribution in [2.24, 2.45) is 0 Å². The van der Waals surface area contributed by atoms with Gasteiger partial charge in [0.1, 0.15) is 18.0 Å². The first-order valence-electron chi connectivity index (χ1n) is 15.9. The van der Waals surface area contributed by atoms with Crippen LogP contribution in [0.3, 0.4) is 0 Å². The molecule has 0 saturated heterocycles. The van der Waals surface area contributed by atoms with E-state index in [9.17, 15) is 35.9 Å². The molecule has 5 aromatic rings. The SMILES string of the molecule is CC(=O)c1ccc(Oc2ccc(Cl)cc2)nc1C(F)(F)F.C[N+](C)(C)Cc1ccccc1.Cl[I-]Cl.O=C(CCl)c1ccc(Oc2ccc(Cl)cc2)nc1C(F)(F)F. The van der Waals surface area contributed by atoms with Gasteiger partial charge in [0.2, 0.25) is 11.8 Å². The topological polar surface area (TPSA) is 78.4 Å². The minimum atomic E-state index is -4.80. The van der Waals surface area contributed by atoms with Gasteiger partial charge in [-0.15, -0.1) is 11.6 Å².